The van der Waals surface area contributed by atoms with Crippen molar-refractivity contribution in [2.75, 3.05) is 10.6 Å². The molecule has 4 aliphatic carbocycles. The van der Waals surface area contributed by atoms with E-state index in [1.54, 1.807) is 0 Å². The molecule has 0 unspecified atom stereocenters. The van der Waals surface area contributed by atoms with Crippen LogP contribution < -0.4 is 10.6 Å². The van der Waals surface area contributed by atoms with Crippen molar-refractivity contribution in [3.63, 3.8) is 0 Å². The lowest BCUT2D eigenvalue weighted by Gasteiger charge is -2.57. The van der Waals surface area contributed by atoms with E-state index in [0.29, 0.717) is 5.82 Å². The van der Waals surface area contributed by atoms with Crippen molar-refractivity contribution >= 4 is 23.0 Å². The minimum Gasteiger partial charge on any atom is -0.359 e. The summed E-state index contributed by atoms with van der Waals surface area (Å²) in [4.78, 5) is 20.0. The molecule has 0 amide bonds. The molecule has 1 aromatic heterocycles. The Morgan fingerprint density at radius 1 is 1.07 bits per heavy atom. The Morgan fingerprint density at radius 3 is 2.32 bits per heavy atom. The third-order valence-corrected chi connectivity index (χ3v) is 6.71. The van der Waals surface area contributed by atoms with Crippen LogP contribution in [0.2, 0.25) is 0 Å². The lowest BCUT2D eigenvalue weighted by molar-refractivity contribution is -0.383. The van der Waals surface area contributed by atoms with E-state index >= 15 is 0 Å². The zero-order chi connectivity index (χ0) is 19.3. The molecule has 0 radical (unpaired) electrons. The van der Waals surface area contributed by atoms with Crippen molar-refractivity contribution in [2.45, 2.75) is 51.0 Å². The second-order valence-corrected chi connectivity index (χ2v) is 8.99. The van der Waals surface area contributed by atoms with Crippen LogP contribution in [0.5, 0.6) is 0 Å². The molecule has 146 valence electrons. The molecule has 6 rings (SSSR count). The van der Waals surface area contributed by atoms with Crippen molar-refractivity contribution in [3.05, 3.63) is 46.3 Å². The molecule has 0 spiro atoms. The van der Waals surface area contributed by atoms with E-state index < -0.39 is 0 Å². The van der Waals surface area contributed by atoms with Gasteiger partial charge in [0.05, 0.1) is 4.92 Å². The first-order chi connectivity index (χ1) is 13.5. The van der Waals surface area contributed by atoms with E-state index in [4.69, 9.17) is 0 Å². The fraction of sp³-hybridized carbons (Fsp3) is 0.524. The summed E-state index contributed by atoms with van der Waals surface area (Å²) in [7, 11) is 0. The molecule has 0 saturated heterocycles. The maximum absolute atomic E-state index is 11.9. The number of nitro groups is 1. The summed E-state index contributed by atoms with van der Waals surface area (Å²) in [6, 6.07) is 7.72. The van der Waals surface area contributed by atoms with E-state index in [1.807, 2.05) is 31.2 Å². The smallest absolute Gasteiger partial charge is 0.353 e. The topological polar surface area (TPSA) is 93.0 Å². The van der Waals surface area contributed by atoms with Gasteiger partial charge in [0.25, 0.3) is 0 Å². The lowest BCUT2D eigenvalue weighted by Crippen LogP contribution is -2.55. The van der Waals surface area contributed by atoms with Crippen molar-refractivity contribution in [2.24, 2.45) is 17.8 Å². The molecule has 2 N–H and O–H groups in total. The molecule has 4 fully saturated rings. The van der Waals surface area contributed by atoms with Crippen molar-refractivity contribution in [1.82, 2.24) is 9.97 Å². The van der Waals surface area contributed by atoms with Gasteiger partial charge in [0.2, 0.25) is 11.6 Å². The molecule has 1 heterocycles. The Bertz CT molecular complexity index is 893. The molecular weight excluding hydrogens is 354 g/mol. The number of nitrogens with one attached hydrogen (secondary N) is 2. The van der Waals surface area contributed by atoms with E-state index in [-0.39, 0.29) is 22.0 Å². The van der Waals surface area contributed by atoms with Crippen LogP contribution in [0.25, 0.3) is 0 Å². The van der Waals surface area contributed by atoms with E-state index in [1.165, 1.54) is 25.6 Å². The van der Waals surface area contributed by atoms with Gasteiger partial charge in [-0.1, -0.05) is 12.1 Å². The third kappa shape index (κ3) is 3.08. The predicted molar refractivity (Wildman–Crippen MR) is 108 cm³/mol. The average Bonchev–Trinajstić information content (AvgIpc) is 2.60. The quantitative estimate of drug-likeness (QED) is 0.572. The number of rotatable bonds is 5. The van der Waals surface area contributed by atoms with Crippen LogP contribution in [0, 0.1) is 34.8 Å². The van der Waals surface area contributed by atoms with Crippen LogP contribution in [-0.2, 0) is 0 Å². The summed E-state index contributed by atoms with van der Waals surface area (Å²) < 4.78 is 0. The fourth-order valence-corrected chi connectivity index (χ4v) is 6.11. The summed E-state index contributed by atoms with van der Waals surface area (Å²) in [6.07, 6.45) is 8.68. The number of hydrogen-bond donors (Lipinski definition) is 2. The normalized spacial score (nSPS) is 30.2. The minimum atomic E-state index is -0.374. The van der Waals surface area contributed by atoms with E-state index in [2.05, 4.69) is 20.6 Å². The van der Waals surface area contributed by atoms with Gasteiger partial charge in [-0.2, -0.15) is 0 Å². The maximum atomic E-state index is 11.9. The fourth-order valence-electron chi connectivity index (χ4n) is 6.11. The van der Waals surface area contributed by atoms with Crippen molar-refractivity contribution < 1.29 is 4.92 Å². The first kappa shape index (κ1) is 17.4. The van der Waals surface area contributed by atoms with Crippen LogP contribution >= 0.6 is 0 Å². The molecular formula is C21H25N5O2. The van der Waals surface area contributed by atoms with Gasteiger partial charge < -0.3 is 10.6 Å². The zero-order valence-electron chi connectivity index (χ0n) is 16.0. The van der Waals surface area contributed by atoms with Crippen molar-refractivity contribution in [1.29, 1.82) is 0 Å². The highest BCUT2D eigenvalue weighted by Crippen LogP contribution is 2.57. The second kappa shape index (κ2) is 6.43. The maximum Gasteiger partial charge on any atom is 0.353 e. The van der Waals surface area contributed by atoms with Crippen LogP contribution in [0.1, 0.15) is 44.1 Å². The molecule has 28 heavy (non-hydrogen) atoms. The molecule has 0 aliphatic heterocycles. The molecule has 7 nitrogen and oxygen atoms in total. The summed E-state index contributed by atoms with van der Waals surface area (Å²) in [5.74, 6) is 2.84. The summed E-state index contributed by atoms with van der Waals surface area (Å²) in [6.45, 7) is 1.99. The molecule has 0 atom stereocenters. The zero-order valence-corrected chi connectivity index (χ0v) is 16.0. The van der Waals surface area contributed by atoms with Crippen LogP contribution in [-0.4, -0.2) is 20.4 Å². The van der Waals surface area contributed by atoms with Gasteiger partial charge in [-0.15, -0.1) is 0 Å². The number of aryl methyl sites for hydroxylation is 1. The first-order valence-electron chi connectivity index (χ1n) is 10.1. The summed E-state index contributed by atoms with van der Waals surface area (Å²) in [5.41, 5.74) is 1.74. The summed E-state index contributed by atoms with van der Waals surface area (Å²) in [5, 5.41) is 18.6. The average molecular weight is 379 g/mol. The number of nitrogens with zero attached hydrogens (tertiary/aromatic N) is 3. The highest BCUT2D eigenvalue weighted by Gasteiger charge is 2.51. The Morgan fingerprint density at radius 2 is 1.71 bits per heavy atom. The SMILES string of the molecule is Cc1cccc(Nc2ncnc(NC34CC5CC(CC(C5)C3)C4)c2[N+](=O)[O-])c1. The minimum absolute atomic E-state index is 0.0472. The molecule has 2 aromatic rings. The summed E-state index contributed by atoms with van der Waals surface area (Å²) >= 11 is 0. The van der Waals surface area contributed by atoms with Crippen LogP contribution in [0.15, 0.2) is 30.6 Å². The van der Waals surface area contributed by atoms with Gasteiger partial charge in [0.1, 0.15) is 6.33 Å². The molecule has 7 heteroatoms. The van der Waals surface area contributed by atoms with Gasteiger partial charge in [0.15, 0.2) is 0 Å². The standard InChI is InChI=1S/C21H25N5O2/c1-13-3-2-4-17(5-13)24-19-18(26(27)28)20(23-12-22-19)25-21-9-14-6-15(10-21)8-16(7-14)11-21/h2-5,12,14-16H,6-11H2,1H3,(H2,22,23,24,25). The molecule has 1 aromatic carbocycles. The van der Waals surface area contributed by atoms with Gasteiger partial charge >= 0.3 is 5.69 Å². The number of hydrogen-bond acceptors (Lipinski definition) is 6. The van der Waals surface area contributed by atoms with Crippen LogP contribution in [0.4, 0.5) is 23.0 Å². The van der Waals surface area contributed by atoms with E-state index in [0.717, 1.165) is 48.3 Å². The first-order valence-corrected chi connectivity index (χ1v) is 10.1. The molecule has 4 saturated carbocycles. The third-order valence-electron chi connectivity index (χ3n) is 6.71. The van der Waals surface area contributed by atoms with Gasteiger partial charge in [-0.05, 0) is 80.9 Å². The second-order valence-electron chi connectivity index (χ2n) is 8.99. The highest BCUT2D eigenvalue weighted by atomic mass is 16.6. The van der Waals surface area contributed by atoms with Crippen molar-refractivity contribution in [3.8, 4) is 0 Å². The number of benzene rings is 1. The Kier molecular flexibility index (Phi) is 4.00. The van der Waals surface area contributed by atoms with Gasteiger partial charge in [-0.3, -0.25) is 10.1 Å². The monoisotopic (exact) mass is 379 g/mol. The van der Waals surface area contributed by atoms with Crippen LogP contribution in [0.3, 0.4) is 0 Å². The highest BCUT2D eigenvalue weighted by molar-refractivity contribution is 5.74. The Labute approximate surface area is 164 Å². The largest absolute Gasteiger partial charge is 0.359 e. The lowest BCUT2D eigenvalue weighted by atomic mass is 9.53. The van der Waals surface area contributed by atoms with Gasteiger partial charge in [0, 0.05) is 11.2 Å². The Hall–Kier alpha value is -2.70. The predicted octanol–water partition coefficient (Wildman–Crippen LogP) is 4.82. The van der Waals surface area contributed by atoms with E-state index in [9.17, 15) is 10.1 Å². The van der Waals surface area contributed by atoms with Gasteiger partial charge in [-0.25, -0.2) is 9.97 Å². The Balaban J connectivity index is 1.47. The molecule has 4 bridgehead atoms. The molecule has 4 aliphatic rings. The number of aromatic nitrogens is 2. The number of anilines is 3.